The minimum absolute atomic E-state index is 0.00163. The average Bonchev–Trinajstić information content (AvgIpc) is 3.30. The number of benzene rings is 1. The number of carbonyl (C=O) groups excluding carboxylic acids is 2. The van der Waals surface area contributed by atoms with Crippen LogP contribution in [-0.2, 0) is 14.3 Å². The Morgan fingerprint density at radius 1 is 1.29 bits per heavy atom. The van der Waals surface area contributed by atoms with Gasteiger partial charge in [-0.2, -0.15) is 0 Å². The van der Waals surface area contributed by atoms with Crippen LogP contribution in [0.2, 0.25) is 5.02 Å². The van der Waals surface area contributed by atoms with E-state index in [1.165, 1.54) is 12.1 Å². The van der Waals surface area contributed by atoms with Gasteiger partial charge in [0, 0.05) is 37.2 Å². The van der Waals surface area contributed by atoms with Gasteiger partial charge in [-0.25, -0.2) is 9.40 Å². The van der Waals surface area contributed by atoms with Gasteiger partial charge in [-0.1, -0.05) is 11.6 Å². The molecule has 5 rings (SSSR count). The minimum atomic E-state index is -0.594. The van der Waals surface area contributed by atoms with Gasteiger partial charge in [0.15, 0.2) is 6.61 Å². The summed E-state index contributed by atoms with van der Waals surface area (Å²) in [5.74, 6) is -0.420. The monoisotopic (exact) mass is 454 g/mol. The number of hydrazine groups is 1. The summed E-state index contributed by atoms with van der Waals surface area (Å²) in [5.41, 5.74) is 2.96. The number of halogens is 2. The van der Waals surface area contributed by atoms with E-state index in [2.05, 4.69) is 23.0 Å². The first-order valence-corrected chi connectivity index (χ1v) is 10.9. The van der Waals surface area contributed by atoms with E-state index in [1.807, 2.05) is 12.1 Å². The normalized spacial score (nSPS) is 31.9. The Kier molecular flexibility index (Phi) is 6.39. The topological polar surface area (TPSA) is 91.9 Å². The fourth-order valence-corrected chi connectivity index (χ4v) is 5.01. The highest BCUT2D eigenvalue weighted by Gasteiger charge is 2.57. The van der Waals surface area contributed by atoms with Crippen LogP contribution >= 0.6 is 11.6 Å². The maximum Gasteiger partial charge on any atom is 0.258 e. The second-order valence-electron chi connectivity index (χ2n) is 8.88. The molecule has 3 aliphatic carbocycles. The third-order valence-corrected chi connectivity index (χ3v) is 6.62. The van der Waals surface area contributed by atoms with Crippen LogP contribution in [0, 0.1) is 11.7 Å². The first kappa shape index (κ1) is 22.3. The number of hydrogen-bond donors (Lipinski definition) is 3. The van der Waals surface area contributed by atoms with Crippen LogP contribution < -0.4 is 20.8 Å². The Hall–Kier alpha value is -1.94. The number of ether oxygens (including phenoxy) is 2. The van der Waals surface area contributed by atoms with Gasteiger partial charge >= 0.3 is 0 Å². The van der Waals surface area contributed by atoms with Gasteiger partial charge in [0.25, 0.3) is 5.91 Å². The van der Waals surface area contributed by atoms with E-state index in [9.17, 15) is 14.0 Å². The number of rotatable bonds is 8. The Morgan fingerprint density at radius 3 is 2.74 bits per heavy atom. The van der Waals surface area contributed by atoms with E-state index < -0.39 is 5.82 Å². The van der Waals surface area contributed by atoms with Gasteiger partial charge in [0.05, 0.1) is 5.02 Å². The third kappa shape index (κ3) is 5.11. The predicted octanol–water partition coefficient (Wildman–Crippen LogP) is 1.58. The lowest BCUT2D eigenvalue weighted by Gasteiger charge is -2.39. The predicted molar refractivity (Wildman–Crippen MR) is 112 cm³/mol. The van der Waals surface area contributed by atoms with Crippen molar-refractivity contribution in [3.8, 4) is 5.75 Å². The highest BCUT2D eigenvalue weighted by Crippen LogP contribution is 2.52. The molecule has 4 aliphatic rings. The lowest BCUT2D eigenvalue weighted by Crippen LogP contribution is -2.53. The van der Waals surface area contributed by atoms with Gasteiger partial charge < -0.3 is 20.1 Å². The second kappa shape index (κ2) is 8.90. The van der Waals surface area contributed by atoms with Gasteiger partial charge in [-0.3, -0.25) is 15.0 Å². The van der Waals surface area contributed by atoms with Gasteiger partial charge in [-0.05, 0) is 44.2 Å². The van der Waals surface area contributed by atoms with Crippen molar-refractivity contribution in [3.05, 3.63) is 29.0 Å². The summed E-state index contributed by atoms with van der Waals surface area (Å²) in [5, 5.41) is 7.96. The zero-order chi connectivity index (χ0) is 22.2. The van der Waals surface area contributed by atoms with Crippen molar-refractivity contribution in [1.29, 1.82) is 0 Å². The molecule has 3 saturated carbocycles. The molecule has 31 heavy (non-hydrogen) atoms. The van der Waals surface area contributed by atoms with E-state index in [1.54, 1.807) is 0 Å². The first-order valence-electron chi connectivity index (χ1n) is 10.5. The van der Waals surface area contributed by atoms with Crippen LogP contribution in [0.15, 0.2) is 18.2 Å². The quantitative estimate of drug-likeness (QED) is 0.552. The molecule has 1 saturated heterocycles. The second-order valence-corrected chi connectivity index (χ2v) is 9.29. The minimum Gasteiger partial charge on any atom is -0.484 e. The Labute approximate surface area is 185 Å². The summed E-state index contributed by atoms with van der Waals surface area (Å²) in [6.07, 6.45) is 3.09. The molecule has 1 heterocycles. The zero-order valence-corrected chi connectivity index (χ0v) is 18.4. The Bertz CT molecular complexity index is 851. The van der Waals surface area contributed by atoms with Crippen LogP contribution in [0.5, 0.6) is 5.75 Å². The summed E-state index contributed by atoms with van der Waals surface area (Å²) < 4.78 is 24.5. The van der Waals surface area contributed by atoms with Gasteiger partial charge in [0.2, 0.25) is 5.91 Å². The number of amides is 2. The van der Waals surface area contributed by atoms with Crippen molar-refractivity contribution in [2.24, 2.45) is 5.92 Å². The fourth-order valence-electron chi connectivity index (χ4n) is 4.90. The molecule has 8 nitrogen and oxygen atoms in total. The number of nitrogens with zero attached hydrogens (tertiary/aromatic N) is 1. The zero-order valence-electron chi connectivity index (χ0n) is 17.6. The van der Waals surface area contributed by atoms with Crippen molar-refractivity contribution >= 4 is 23.4 Å². The molecule has 1 aromatic carbocycles. The van der Waals surface area contributed by atoms with Crippen LogP contribution in [-0.4, -0.2) is 60.9 Å². The summed E-state index contributed by atoms with van der Waals surface area (Å²) in [6.45, 7) is 1.87. The molecule has 0 radical (unpaired) electrons. The fraction of sp³-hybridized carbons (Fsp3) is 0.619. The van der Waals surface area contributed by atoms with Crippen molar-refractivity contribution in [2.75, 3.05) is 20.3 Å². The van der Waals surface area contributed by atoms with Crippen LogP contribution in [0.4, 0.5) is 4.39 Å². The molecular weight excluding hydrogens is 427 g/mol. The molecule has 0 spiro atoms. The number of hydrogen-bond acceptors (Lipinski definition) is 6. The third-order valence-electron chi connectivity index (χ3n) is 6.32. The molecule has 4 fully saturated rings. The standard InChI is InChI=1S/C21H28ClFN4O4/c1-12-5-20(27(2)26-12)31-11-19(29)25-21-7-13(8-21)17(9-21)24-18(28)10-30-14-3-4-15(22)16(23)6-14/h3-4,6,12-13,17,20,26H,5,7-11H2,1-2H3,(H,24,28)(H,25,29). The molecular formula is C21H28ClFN4O4. The number of fused-ring (bicyclic) bond motifs is 1. The number of carbonyl (C=O) groups is 2. The maximum atomic E-state index is 13.5. The molecule has 3 N–H and O–H groups in total. The molecule has 0 aromatic heterocycles. The summed E-state index contributed by atoms with van der Waals surface area (Å²) in [6, 6.07) is 4.36. The molecule has 2 amide bonds. The molecule has 3 unspecified atom stereocenters. The van der Waals surface area contributed by atoms with E-state index in [-0.39, 0.29) is 53.6 Å². The maximum absolute atomic E-state index is 13.5. The summed E-state index contributed by atoms with van der Waals surface area (Å²) >= 11 is 5.64. The highest BCUT2D eigenvalue weighted by atomic mass is 35.5. The van der Waals surface area contributed by atoms with Gasteiger partial charge in [0.1, 0.15) is 24.4 Å². The van der Waals surface area contributed by atoms with Crippen molar-refractivity contribution in [2.45, 2.75) is 56.5 Å². The smallest absolute Gasteiger partial charge is 0.258 e. The van der Waals surface area contributed by atoms with E-state index in [4.69, 9.17) is 21.1 Å². The van der Waals surface area contributed by atoms with Crippen LogP contribution in [0.25, 0.3) is 0 Å². The van der Waals surface area contributed by atoms with Crippen molar-refractivity contribution in [1.82, 2.24) is 21.1 Å². The molecule has 3 atom stereocenters. The van der Waals surface area contributed by atoms with Crippen LogP contribution in [0.1, 0.15) is 32.6 Å². The van der Waals surface area contributed by atoms with Crippen LogP contribution in [0.3, 0.4) is 0 Å². The summed E-state index contributed by atoms with van der Waals surface area (Å²) in [7, 11) is 1.90. The first-order chi connectivity index (χ1) is 14.7. The molecule has 170 valence electrons. The average molecular weight is 455 g/mol. The largest absolute Gasteiger partial charge is 0.484 e. The number of nitrogens with one attached hydrogen (secondary N) is 3. The molecule has 1 aliphatic heterocycles. The lowest BCUT2D eigenvalue weighted by molar-refractivity contribution is -0.134. The van der Waals surface area contributed by atoms with Crippen molar-refractivity contribution in [3.63, 3.8) is 0 Å². The van der Waals surface area contributed by atoms with E-state index >= 15 is 0 Å². The van der Waals surface area contributed by atoms with E-state index in [0.717, 1.165) is 25.3 Å². The SMILES string of the molecule is CC1CC(OCC(=O)NC23CC(C2)C(NC(=O)COc2ccc(Cl)c(F)c2)C3)N(C)N1. The van der Waals surface area contributed by atoms with E-state index in [0.29, 0.717) is 18.4 Å². The highest BCUT2D eigenvalue weighted by molar-refractivity contribution is 6.30. The molecule has 2 bridgehead atoms. The lowest BCUT2D eigenvalue weighted by atomic mass is 9.76. The van der Waals surface area contributed by atoms with Gasteiger partial charge in [-0.15, -0.1) is 0 Å². The molecule has 10 heteroatoms. The van der Waals surface area contributed by atoms with Crippen molar-refractivity contribution < 1.29 is 23.5 Å². The molecule has 1 aromatic rings. The Morgan fingerprint density at radius 2 is 2.06 bits per heavy atom. The Balaban J connectivity index is 1.18. The summed E-state index contributed by atoms with van der Waals surface area (Å²) in [4.78, 5) is 24.6.